The Kier molecular flexibility index (Phi) is 7.52. The number of primary amides is 1. The highest BCUT2D eigenvalue weighted by Crippen LogP contribution is 2.42. The van der Waals surface area contributed by atoms with E-state index in [1.165, 1.54) is 14.2 Å². The minimum absolute atomic E-state index is 0.410. The molecule has 1 amide bonds. The van der Waals surface area contributed by atoms with Crippen molar-refractivity contribution in [2.24, 2.45) is 11.5 Å². The van der Waals surface area contributed by atoms with E-state index in [0.29, 0.717) is 35.8 Å². The third kappa shape index (κ3) is 4.27. The van der Waals surface area contributed by atoms with E-state index in [9.17, 15) is 4.79 Å². The lowest BCUT2D eigenvalue weighted by atomic mass is 9.98. The number of nitrogens with two attached hydrogens (primary N) is 2. The molecular weight excluding hydrogens is 284 g/mol. The normalized spacial score (nSPS) is 10.4. The van der Waals surface area contributed by atoms with Crippen LogP contribution in [0, 0.1) is 0 Å². The van der Waals surface area contributed by atoms with Gasteiger partial charge in [-0.2, -0.15) is 0 Å². The lowest BCUT2D eigenvalue weighted by Crippen LogP contribution is -2.15. The number of amides is 1. The van der Waals surface area contributed by atoms with E-state index in [-0.39, 0.29) is 0 Å². The van der Waals surface area contributed by atoms with Crippen LogP contribution in [-0.4, -0.2) is 33.8 Å². The van der Waals surface area contributed by atoms with Crippen molar-refractivity contribution < 1.29 is 19.0 Å². The highest BCUT2D eigenvalue weighted by atomic mass is 16.5. The molecule has 1 aromatic carbocycles. The van der Waals surface area contributed by atoms with Gasteiger partial charge in [0, 0.05) is 11.1 Å². The Morgan fingerprint density at radius 2 is 1.64 bits per heavy atom. The third-order valence-corrected chi connectivity index (χ3v) is 3.58. The van der Waals surface area contributed by atoms with Crippen molar-refractivity contribution in [2.45, 2.75) is 32.1 Å². The minimum atomic E-state index is -0.504. The number of carbonyl (C=O) groups is 1. The second-order valence-corrected chi connectivity index (χ2v) is 4.99. The first-order valence-corrected chi connectivity index (χ1v) is 7.42. The Morgan fingerprint density at radius 1 is 1.00 bits per heavy atom. The van der Waals surface area contributed by atoms with Gasteiger partial charge >= 0.3 is 0 Å². The van der Waals surface area contributed by atoms with Crippen LogP contribution in [0.2, 0.25) is 0 Å². The number of ether oxygens (including phenoxy) is 3. The van der Waals surface area contributed by atoms with Gasteiger partial charge < -0.3 is 25.7 Å². The van der Waals surface area contributed by atoms with Crippen LogP contribution in [0.5, 0.6) is 17.2 Å². The first-order chi connectivity index (χ1) is 10.6. The first-order valence-electron chi connectivity index (χ1n) is 7.42. The van der Waals surface area contributed by atoms with Crippen LogP contribution in [0.4, 0.5) is 0 Å². The number of unbranched alkanes of at least 4 members (excludes halogenated alkanes) is 3. The van der Waals surface area contributed by atoms with Crippen molar-refractivity contribution in [3.8, 4) is 17.2 Å². The van der Waals surface area contributed by atoms with E-state index in [1.807, 2.05) is 0 Å². The lowest BCUT2D eigenvalue weighted by Gasteiger charge is -2.18. The Balaban J connectivity index is 3.12. The maximum absolute atomic E-state index is 11.7. The molecule has 4 N–H and O–H groups in total. The maximum Gasteiger partial charge on any atom is 0.249 e. The van der Waals surface area contributed by atoms with E-state index in [2.05, 4.69) is 0 Å². The van der Waals surface area contributed by atoms with Gasteiger partial charge in [0.1, 0.15) is 0 Å². The molecule has 0 heterocycles. The number of rotatable bonds is 10. The fourth-order valence-corrected chi connectivity index (χ4v) is 2.48. The summed E-state index contributed by atoms with van der Waals surface area (Å²) in [5, 5.41) is 0. The number of carbonyl (C=O) groups excluding carboxylic acids is 1. The topological polar surface area (TPSA) is 96.8 Å². The van der Waals surface area contributed by atoms with Crippen molar-refractivity contribution >= 4 is 5.91 Å². The van der Waals surface area contributed by atoms with Crippen molar-refractivity contribution in [1.29, 1.82) is 0 Å². The van der Waals surface area contributed by atoms with Gasteiger partial charge in [0.25, 0.3) is 0 Å². The van der Waals surface area contributed by atoms with E-state index in [4.69, 9.17) is 25.7 Å². The maximum atomic E-state index is 11.7. The summed E-state index contributed by atoms with van der Waals surface area (Å²) in [7, 11) is 4.59. The molecule has 1 rings (SSSR count). The predicted molar refractivity (Wildman–Crippen MR) is 85.8 cm³/mol. The van der Waals surface area contributed by atoms with E-state index < -0.39 is 5.91 Å². The second-order valence-electron chi connectivity index (χ2n) is 4.99. The summed E-state index contributed by atoms with van der Waals surface area (Å²) in [5.41, 5.74) is 12.2. The Bertz CT molecular complexity index is 503. The summed E-state index contributed by atoms with van der Waals surface area (Å²) in [6.07, 6.45) is 4.72. The standard InChI is InChI=1S/C16H26N2O4/c1-20-13-10-12(16(18)19)11(8-6-4-5-7-9-17)14(21-2)15(13)22-3/h10H,4-9,17H2,1-3H3,(H2,18,19). The van der Waals surface area contributed by atoms with Crippen LogP contribution in [-0.2, 0) is 6.42 Å². The molecule has 0 saturated heterocycles. The lowest BCUT2D eigenvalue weighted by molar-refractivity contribution is 0.0998. The van der Waals surface area contributed by atoms with Crippen LogP contribution in [0.25, 0.3) is 0 Å². The van der Waals surface area contributed by atoms with Gasteiger partial charge in [0.2, 0.25) is 11.7 Å². The van der Waals surface area contributed by atoms with Gasteiger partial charge in [0.05, 0.1) is 21.3 Å². The SMILES string of the molecule is COc1cc(C(N)=O)c(CCCCCCN)c(OC)c1OC. The molecule has 0 atom stereocenters. The van der Waals surface area contributed by atoms with Gasteiger partial charge in [-0.25, -0.2) is 0 Å². The molecule has 0 saturated carbocycles. The zero-order chi connectivity index (χ0) is 16.5. The van der Waals surface area contributed by atoms with Crippen LogP contribution < -0.4 is 25.7 Å². The van der Waals surface area contributed by atoms with E-state index >= 15 is 0 Å². The molecule has 0 bridgehead atoms. The molecule has 1 aromatic rings. The third-order valence-electron chi connectivity index (χ3n) is 3.58. The molecule has 0 aliphatic carbocycles. The first kappa shape index (κ1) is 18.1. The highest BCUT2D eigenvalue weighted by Gasteiger charge is 2.22. The molecule has 124 valence electrons. The molecule has 0 radical (unpaired) electrons. The van der Waals surface area contributed by atoms with Gasteiger partial charge in [-0.3, -0.25) is 4.79 Å². The molecule has 22 heavy (non-hydrogen) atoms. The van der Waals surface area contributed by atoms with Crippen molar-refractivity contribution in [1.82, 2.24) is 0 Å². The average Bonchev–Trinajstić information content (AvgIpc) is 2.52. The molecule has 6 nitrogen and oxygen atoms in total. The van der Waals surface area contributed by atoms with Gasteiger partial charge in [-0.05, 0) is 31.9 Å². The van der Waals surface area contributed by atoms with Gasteiger partial charge in [-0.1, -0.05) is 12.8 Å². The fraction of sp³-hybridized carbons (Fsp3) is 0.562. The summed E-state index contributed by atoms with van der Waals surface area (Å²) >= 11 is 0. The molecule has 0 aliphatic heterocycles. The summed E-state index contributed by atoms with van der Waals surface area (Å²) in [6, 6.07) is 1.61. The molecule has 6 heteroatoms. The van der Waals surface area contributed by atoms with Gasteiger partial charge in [-0.15, -0.1) is 0 Å². The molecule has 0 fully saturated rings. The van der Waals surface area contributed by atoms with Crippen molar-refractivity contribution in [2.75, 3.05) is 27.9 Å². The molecular formula is C16H26N2O4. The molecule has 0 aliphatic rings. The second kappa shape index (κ2) is 9.15. The van der Waals surface area contributed by atoms with Crippen LogP contribution in [0.15, 0.2) is 6.07 Å². The minimum Gasteiger partial charge on any atom is -0.493 e. The Labute approximate surface area is 131 Å². The number of methoxy groups -OCH3 is 3. The number of benzene rings is 1. The summed E-state index contributed by atoms with van der Waals surface area (Å²) in [4.78, 5) is 11.7. The fourth-order valence-electron chi connectivity index (χ4n) is 2.48. The Morgan fingerprint density at radius 3 is 2.14 bits per heavy atom. The number of hydrogen-bond acceptors (Lipinski definition) is 5. The van der Waals surface area contributed by atoms with Crippen molar-refractivity contribution in [3.63, 3.8) is 0 Å². The number of hydrogen-bond donors (Lipinski definition) is 2. The Hall–Kier alpha value is -1.95. The highest BCUT2D eigenvalue weighted by molar-refractivity contribution is 5.96. The summed E-state index contributed by atoms with van der Waals surface area (Å²) in [6.45, 7) is 0.701. The molecule has 0 unspecified atom stereocenters. The zero-order valence-corrected chi connectivity index (χ0v) is 13.6. The average molecular weight is 310 g/mol. The predicted octanol–water partition coefficient (Wildman–Crippen LogP) is 1.87. The quantitative estimate of drug-likeness (QED) is 0.643. The van der Waals surface area contributed by atoms with Crippen LogP contribution in [0.1, 0.15) is 41.6 Å². The zero-order valence-electron chi connectivity index (χ0n) is 13.6. The van der Waals surface area contributed by atoms with Gasteiger partial charge in [0.15, 0.2) is 11.5 Å². The van der Waals surface area contributed by atoms with Crippen LogP contribution >= 0.6 is 0 Å². The largest absolute Gasteiger partial charge is 0.493 e. The van der Waals surface area contributed by atoms with Crippen LogP contribution in [0.3, 0.4) is 0 Å². The molecule has 0 spiro atoms. The summed E-state index contributed by atoms with van der Waals surface area (Å²) < 4.78 is 16.1. The summed E-state index contributed by atoms with van der Waals surface area (Å²) in [5.74, 6) is 0.915. The molecule has 0 aromatic heterocycles. The smallest absolute Gasteiger partial charge is 0.249 e. The van der Waals surface area contributed by atoms with Crippen molar-refractivity contribution in [3.05, 3.63) is 17.2 Å². The monoisotopic (exact) mass is 310 g/mol. The van der Waals surface area contributed by atoms with E-state index in [1.54, 1.807) is 13.2 Å². The van der Waals surface area contributed by atoms with E-state index in [0.717, 1.165) is 31.2 Å².